The van der Waals surface area contributed by atoms with Crippen LogP contribution < -0.4 is 0 Å². The maximum Gasteiger partial charge on any atom is 0.156 e. The molecule has 5 unspecified atom stereocenters. The van der Waals surface area contributed by atoms with Gasteiger partial charge >= 0.3 is 0 Å². The number of fused-ring (bicyclic) bond motifs is 5. The van der Waals surface area contributed by atoms with Crippen molar-refractivity contribution in [2.75, 3.05) is 0 Å². The molecular weight excluding hydrogens is 316 g/mol. The number of hydrogen-bond donors (Lipinski definition) is 4. The van der Waals surface area contributed by atoms with Crippen molar-refractivity contribution in [2.24, 2.45) is 34.5 Å². The lowest BCUT2D eigenvalue weighted by Crippen LogP contribution is -2.60. The number of aliphatic hydroxyl groups excluding tert-OH is 3. The van der Waals surface area contributed by atoms with E-state index >= 15 is 0 Å². The fourth-order valence-electron chi connectivity index (χ4n) is 7.49. The second-order valence-electron chi connectivity index (χ2n) is 9.84. The van der Waals surface area contributed by atoms with E-state index in [1.54, 1.807) is 0 Å². The average molecular weight is 348 g/mol. The Morgan fingerprint density at radius 1 is 0.960 bits per heavy atom. The largest absolute Gasteiger partial charge is 0.393 e. The highest BCUT2D eigenvalue weighted by molar-refractivity contribution is 5.27. The summed E-state index contributed by atoms with van der Waals surface area (Å²) in [6, 6.07) is 0. The van der Waals surface area contributed by atoms with Gasteiger partial charge < -0.3 is 20.4 Å². The summed E-state index contributed by atoms with van der Waals surface area (Å²) in [6.07, 6.45) is 9.57. The summed E-state index contributed by atoms with van der Waals surface area (Å²) < 4.78 is 0. The van der Waals surface area contributed by atoms with E-state index in [9.17, 15) is 20.4 Å². The third kappa shape index (κ3) is 2.10. The second-order valence-corrected chi connectivity index (χ2v) is 9.84. The minimum Gasteiger partial charge on any atom is -0.393 e. The van der Waals surface area contributed by atoms with Crippen LogP contribution in [0.15, 0.2) is 0 Å². The molecule has 4 saturated carbocycles. The standard InChI is InChI=1S/C21H32O4/c1-4-21(25)17(24)11-15-18-14(6-8-20(15,21)3)19(2)7-5-13(22)9-12(19)10-16(18)23/h1,12-18,22-25H,5-11H2,2-3H3/t12?,13?,14-,15+,16?,17?,18-,19+,20+,21?/m1/s1. The van der Waals surface area contributed by atoms with Crippen LogP contribution in [-0.4, -0.2) is 44.3 Å². The topological polar surface area (TPSA) is 80.9 Å². The van der Waals surface area contributed by atoms with E-state index in [0.717, 1.165) is 32.1 Å². The van der Waals surface area contributed by atoms with E-state index in [4.69, 9.17) is 6.42 Å². The summed E-state index contributed by atoms with van der Waals surface area (Å²) >= 11 is 0. The molecule has 0 heterocycles. The van der Waals surface area contributed by atoms with Gasteiger partial charge in [0.2, 0.25) is 0 Å². The summed E-state index contributed by atoms with van der Waals surface area (Å²) in [5.74, 6) is 3.35. The number of hydrogen-bond acceptors (Lipinski definition) is 4. The molecule has 140 valence electrons. The van der Waals surface area contributed by atoms with E-state index in [-0.39, 0.29) is 23.4 Å². The summed E-state index contributed by atoms with van der Waals surface area (Å²) in [6.45, 7) is 4.35. The molecule has 0 amide bonds. The van der Waals surface area contributed by atoms with Gasteiger partial charge in [-0.3, -0.25) is 0 Å². The first-order valence-electron chi connectivity index (χ1n) is 9.91. The van der Waals surface area contributed by atoms with Crippen molar-refractivity contribution >= 4 is 0 Å². The van der Waals surface area contributed by atoms with Crippen molar-refractivity contribution in [1.82, 2.24) is 0 Å². The van der Waals surface area contributed by atoms with Gasteiger partial charge in [0.15, 0.2) is 5.60 Å². The molecule has 0 aromatic carbocycles. The van der Waals surface area contributed by atoms with E-state index in [0.29, 0.717) is 24.7 Å². The highest BCUT2D eigenvalue weighted by Crippen LogP contribution is 2.68. The zero-order valence-corrected chi connectivity index (χ0v) is 15.4. The fraction of sp³-hybridized carbons (Fsp3) is 0.905. The van der Waals surface area contributed by atoms with Crippen LogP contribution in [0.2, 0.25) is 0 Å². The first kappa shape index (κ1) is 17.8. The van der Waals surface area contributed by atoms with Crippen LogP contribution in [0.3, 0.4) is 0 Å². The van der Waals surface area contributed by atoms with Gasteiger partial charge in [-0.15, -0.1) is 6.42 Å². The fourth-order valence-corrected chi connectivity index (χ4v) is 7.49. The quantitative estimate of drug-likeness (QED) is 0.502. The number of terminal acetylenes is 1. The Kier molecular flexibility index (Phi) is 3.88. The van der Waals surface area contributed by atoms with Crippen molar-refractivity contribution in [1.29, 1.82) is 0 Å². The van der Waals surface area contributed by atoms with Gasteiger partial charge in [-0.25, -0.2) is 0 Å². The molecule has 0 aliphatic heterocycles. The summed E-state index contributed by atoms with van der Waals surface area (Å²) in [7, 11) is 0. The van der Waals surface area contributed by atoms with E-state index in [2.05, 4.69) is 12.8 Å². The Balaban J connectivity index is 1.72. The van der Waals surface area contributed by atoms with Crippen LogP contribution >= 0.6 is 0 Å². The Morgan fingerprint density at radius 2 is 1.68 bits per heavy atom. The lowest BCUT2D eigenvalue weighted by Gasteiger charge is -2.62. The Bertz CT molecular complexity index is 599. The van der Waals surface area contributed by atoms with E-state index in [1.807, 2.05) is 6.92 Å². The first-order chi connectivity index (χ1) is 11.7. The molecule has 4 N–H and O–H groups in total. The molecule has 4 rings (SSSR count). The predicted octanol–water partition coefficient (Wildman–Crippen LogP) is 1.70. The maximum absolute atomic E-state index is 11.0. The molecular formula is C21H32O4. The molecule has 0 bridgehead atoms. The minimum absolute atomic E-state index is 0.0434. The minimum atomic E-state index is -1.50. The van der Waals surface area contributed by atoms with Crippen molar-refractivity contribution in [3.8, 4) is 12.3 Å². The normalized spacial score (nSPS) is 60.9. The Hall–Kier alpha value is -0.600. The highest BCUT2D eigenvalue weighted by Gasteiger charge is 2.68. The van der Waals surface area contributed by atoms with E-state index < -0.39 is 23.2 Å². The third-order valence-electron chi connectivity index (χ3n) is 9.10. The molecule has 0 aromatic rings. The maximum atomic E-state index is 11.0. The van der Waals surface area contributed by atoms with Gasteiger partial charge in [-0.2, -0.15) is 0 Å². The highest BCUT2D eigenvalue weighted by atomic mass is 16.3. The van der Waals surface area contributed by atoms with Crippen molar-refractivity contribution in [3.05, 3.63) is 0 Å². The lowest BCUT2D eigenvalue weighted by atomic mass is 9.43. The summed E-state index contributed by atoms with van der Waals surface area (Å²) in [4.78, 5) is 0. The van der Waals surface area contributed by atoms with Gasteiger partial charge in [0.25, 0.3) is 0 Å². The van der Waals surface area contributed by atoms with Crippen LogP contribution in [0, 0.1) is 46.8 Å². The molecule has 0 spiro atoms. The van der Waals surface area contributed by atoms with Gasteiger partial charge in [0.1, 0.15) is 0 Å². The molecule has 10 atom stereocenters. The molecule has 0 aromatic heterocycles. The molecule has 4 heteroatoms. The molecule has 0 saturated heterocycles. The number of rotatable bonds is 0. The monoisotopic (exact) mass is 348 g/mol. The van der Waals surface area contributed by atoms with Crippen LogP contribution in [0.25, 0.3) is 0 Å². The van der Waals surface area contributed by atoms with Gasteiger partial charge in [-0.1, -0.05) is 19.8 Å². The SMILES string of the molecule is C#CC1(O)C(O)C[C@H]2[C@@H]3C(O)CC4CC(O)CC[C@]4(C)[C@@H]3CC[C@@]21C. The molecule has 4 fully saturated rings. The average Bonchev–Trinajstić information content (AvgIpc) is 2.77. The van der Waals surface area contributed by atoms with Crippen LogP contribution in [0.4, 0.5) is 0 Å². The zero-order valence-electron chi connectivity index (χ0n) is 15.4. The lowest BCUT2D eigenvalue weighted by molar-refractivity contribution is -0.186. The number of aliphatic hydroxyl groups is 4. The molecule has 4 aliphatic carbocycles. The van der Waals surface area contributed by atoms with Gasteiger partial charge in [0.05, 0.1) is 18.3 Å². The third-order valence-corrected chi connectivity index (χ3v) is 9.10. The Morgan fingerprint density at radius 3 is 2.36 bits per heavy atom. The van der Waals surface area contributed by atoms with Crippen LogP contribution in [0.5, 0.6) is 0 Å². The van der Waals surface area contributed by atoms with Gasteiger partial charge in [-0.05, 0) is 74.0 Å². The summed E-state index contributed by atoms with van der Waals surface area (Å²) in [5, 5.41) is 42.7. The van der Waals surface area contributed by atoms with Crippen molar-refractivity contribution in [2.45, 2.75) is 82.7 Å². The van der Waals surface area contributed by atoms with Crippen LogP contribution in [0.1, 0.15) is 58.8 Å². The zero-order chi connectivity index (χ0) is 18.2. The first-order valence-corrected chi connectivity index (χ1v) is 9.91. The molecule has 0 radical (unpaired) electrons. The van der Waals surface area contributed by atoms with Crippen LogP contribution in [-0.2, 0) is 0 Å². The van der Waals surface area contributed by atoms with Crippen molar-refractivity contribution < 1.29 is 20.4 Å². The molecule has 4 nitrogen and oxygen atoms in total. The second kappa shape index (κ2) is 5.45. The van der Waals surface area contributed by atoms with E-state index in [1.165, 1.54) is 0 Å². The van der Waals surface area contributed by atoms with Crippen molar-refractivity contribution in [3.63, 3.8) is 0 Å². The van der Waals surface area contributed by atoms with Gasteiger partial charge in [0, 0.05) is 5.41 Å². The summed E-state index contributed by atoms with van der Waals surface area (Å²) in [5.41, 5.74) is -1.91. The smallest absolute Gasteiger partial charge is 0.156 e. The molecule has 4 aliphatic rings. The predicted molar refractivity (Wildman–Crippen MR) is 94.3 cm³/mol. The Labute approximate surface area is 150 Å². The molecule has 25 heavy (non-hydrogen) atoms.